The fraction of sp³-hybridized carbons (Fsp3) is 0.385. The predicted octanol–water partition coefficient (Wildman–Crippen LogP) is 2.22. The number of amides is 3. The van der Waals surface area contributed by atoms with Crippen LogP contribution in [0.3, 0.4) is 0 Å². The molecule has 0 radical (unpaired) electrons. The van der Waals surface area contributed by atoms with Gasteiger partial charge in [-0.25, -0.2) is 4.79 Å². The van der Waals surface area contributed by atoms with E-state index in [1.807, 2.05) is 42.5 Å². The second-order valence-corrected chi connectivity index (χ2v) is 9.73. The van der Waals surface area contributed by atoms with E-state index in [1.54, 1.807) is 12.1 Å². The smallest absolute Gasteiger partial charge is 0.350 e. The first kappa shape index (κ1) is 23.5. The minimum Gasteiger partial charge on any atom is -0.458 e. The summed E-state index contributed by atoms with van der Waals surface area (Å²) in [5.41, 5.74) is 2.31. The lowest BCUT2D eigenvalue weighted by molar-refractivity contribution is -0.169. The fourth-order valence-corrected chi connectivity index (χ4v) is 4.36. The molecule has 0 bridgehead atoms. The third-order valence-electron chi connectivity index (χ3n) is 6.34. The number of ether oxygens (including phenoxy) is 1. The molecule has 2 aliphatic heterocycles. The van der Waals surface area contributed by atoms with Crippen LogP contribution < -0.4 is 5.32 Å². The largest absolute Gasteiger partial charge is 0.458 e. The van der Waals surface area contributed by atoms with Gasteiger partial charge in [0, 0.05) is 19.0 Å². The zero-order valence-corrected chi connectivity index (χ0v) is 19.8. The maximum absolute atomic E-state index is 12.9. The van der Waals surface area contributed by atoms with Crippen LogP contribution in [0.4, 0.5) is 0 Å². The first-order chi connectivity index (χ1) is 16.1. The number of carbonyl (C=O) groups excluding carboxylic acids is 4. The molecule has 2 heterocycles. The van der Waals surface area contributed by atoms with Gasteiger partial charge in [0.25, 0.3) is 5.91 Å². The van der Waals surface area contributed by atoms with Gasteiger partial charge in [0.1, 0.15) is 12.6 Å². The molecule has 8 nitrogen and oxygen atoms in total. The second-order valence-electron chi connectivity index (χ2n) is 9.73. The van der Waals surface area contributed by atoms with Crippen molar-refractivity contribution >= 4 is 23.7 Å². The van der Waals surface area contributed by atoms with Gasteiger partial charge in [-0.2, -0.15) is 0 Å². The topological polar surface area (TPSA) is 96.0 Å². The Balaban J connectivity index is 1.43. The van der Waals surface area contributed by atoms with E-state index in [0.717, 1.165) is 11.1 Å². The Bertz CT molecular complexity index is 1110. The van der Waals surface area contributed by atoms with Gasteiger partial charge in [0.15, 0.2) is 0 Å². The van der Waals surface area contributed by atoms with E-state index in [9.17, 15) is 19.2 Å². The molecule has 2 aromatic carbocycles. The molecule has 0 aromatic heterocycles. The predicted molar refractivity (Wildman–Crippen MR) is 124 cm³/mol. The van der Waals surface area contributed by atoms with Crippen LogP contribution >= 0.6 is 0 Å². The summed E-state index contributed by atoms with van der Waals surface area (Å²) < 4.78 is 5.40. The molecule has 2 unspecified atom stereocenters. The van der Waals surface area contributed by atoms with Crippen molar-refractivity contribution in [2.24, 2.45) is 0 Å². The first-order valence-electron chi connectivity index (χ1n) is 11.3. The minimum atomic E-state index is -1.13. The minimum absolute atomic E-state index is 0.0381. The van der Waals surface area contributed by atoms with Crippen LogP contribution in [-0.4, -0.2) is 58.3 Å². The molecule has 1 N–H and O–H groups in total. The van der Waals surface area contributed by atoms with Gasteiger partial charge in [-0.05, 0) is 28.7 Å². The molecule has 2 aromatic rings. The summed E-state index contributed by atoms with van der Waals surface area (Å²) >= 11 is 0. The number of β-lactam (4-membered cyclic amide) rings is 1. The zero-order valence-electron chi connectivity index (χ0n) is 19.8. The lowest BCUT2D eigenvalue weighted by atomic mass is 9.86. The van der Waals surface area contributed by atoms with Crippen LogP contribution in [0.25, 0.3) is 0 Å². The summed E-state index contributed by atoms with van der Waals surface area (Å²) in [7, 11) is 0. The molecule has 34 heavy (non-hydrogen) atoms. The van der Waals surface area contributed by atoms with Crippen LogP contribution in [0.1, 0.15) is 49.2 Å². The number of nitrogens with one attached hydrogen (secondary N) is 1. The van der Waals surface area contributed by atoms with Crippen LogP contribution in [0.15, 0.2) is 54.6 Å². The van der Waals surface area contributed by atoms with Gasteiger partial charge < -0.3 is 19.9 Å². The lowest BCUT2D eigenvalue weighted by Gasteiger charge is -2.43. The van der Waals surface area contributed by atoms with Gasteiger partial charge in [-0.1, -0.05) is 63.2 Å². The highest BCUT2D eigenvalue weighted by molar-refractivity contribution is 6.02. The quantitative estimate of drug-likeness (QED) is 0.542. The number of hydrogen-bond donors (Lipinski definition) is 1. The van der Waals surface area contributed by atoms with Crippen molar-refractivity contribution in [3.63, 3.8) is 0 Å². The van der Waals surface area contributed by atoms with E-state index in [0.29, 0.717) is 5.56 Å². The van der Waals surface area contributed by atoms with Gasteiger partial charge in [0.2, 0.25) is 18.0 Å². The Labute approximate surface area is 198 Å². The molecule has 3 atom stereocenters. The van der Waals surface area contributed by atoms with Crippen LogP contribution in [-0.2, 0) is 31.1 Å². The number of carbonyl (C=O) groups is 4. The number of fused-ring (bicyclic) bond motifs is 1. The van der Waals surface area contributed by atoms with Gasteiger partial charge in [-0.15, -0.1) is 0 Å². The summed E-state index contributed by atoms with van der Waals surface area (Å²) in [6.45, 7) is 7.81. The zero-order chi connectivity index (χ0) is 24.6. The number of nitrogens with zero attached hydrogens (tertiary/aromatic N) is 2. The maximum Gasteiger partial charge on any atom is 0.350 e. The maximum atomic E-state index is 12.9. The van der Waals surface area contributed by atoms with E-state index >= 15 is 0 Å². The molecule has 2 saturated heterocycles. The van der Waals surface area contributed by atoms with Gasteiger partial charge >= 0.3 is 5.97 Å². The van der Waals surface area contributed by atoms with E-state index in [2.05, 4.69) is 26.1 Å². The van der Waals surface area contributed by atoms with E-state index < -0.39 is 30.1 Å². The molecule has 2 fully saturated rings. The number of hydrogen-bond acceptors (Lipinski definition) is 5. The highest BCUT2D eigenvalue weighted by Gasteiger charge is 2.61. The Morgan fingerprint density at radius 3 is 2.26 bits per heavy atom. The lowest BCUT2D eigenvalue weighted by Crippen LogP contribution is -2.71. The standard InChI is InChI=1S/C26H29N3O5/c1-16(30)28-14-20-21(27-22(31)18-10-12-19(13-11-18)26(2,3)4)24(32)29(20)23(28)25(33)34-15-17-8-6-5-7-9-17/h5-13,20-21,23H,14-15H2,1-4H3,(H,27,31)/t20?,21-,23?/m0/s1. The second kappa shape index (κ2) is 8.93. The Morgan fingerprint density at radius 2 is 1.68 bits per heavy atom. The number of benzene rings is 2. The Kier molecular flexibility index (Phi) is 6.17. The third kappa shape index (κ3) is 4.40. The Morgan fingerprint density at radius 1 is 1.03 bits per heavy atom. The van der Waals surface area contributed by atoms with Crippen molar-refractivity contribution in [2.45, 2.75) is 58.0 Å². The van der Waals surface area contributed by atoms with Crippen molar-refractivity contribution in [2.75, 3.05) is 6.54 Å². The average Bonchev–Trinajstić information content (AvgIpc) is 3.18. The normalized spacial score (nSPS) is 21.5. The van der Waals surface area contributed by atoms with Crippen molar-refractivity contribution in [3.8, 4) is 0 Å². The highest BCUT2D eigenvalue weighted by atomic mass is 16.5. The summed E-state index contributed by atoms with van der Waals surface area (Å²) in [5, 5.41) is 2.77. The first-order valence-corrected chi connectivity index (χ1v) is 11.3. The molecule has 0 spiro atoms. The SMILES string of the molecule is CC(=O)N1CC2[C@H](NC(=O)c3ccc(C(C)(C)C)cc3)C(=O)N2C1C(=O)OCc1ccccc1. The highest BCUT2D eigenvalue weighted by Crippen LogP contribution is 2.33. The molecule has 2 aliphatic rings. The van der Waals surface area contributed by atoms with Crippen molar-refractivity contribution in [1.29, 1.82) is 0 Å². The monoisotopic (exact) mass is 463 g/mol. The molecular weight excluding hydrogens is 434 g/mol. The van der Waals surface area contributed by atoms with Crippen LogP contribution in [0.2, 0.25) is 0 Å². The number of rotatable bonds is 5. The Hall–Kier alpha value is -3.68. The third-order valence-corrected chi connectivity index (χ3v) is 6.34. The molecule has 3 amide bonds. The molecule has 178 valence electrons. The molecule has 0 aliphatic carbocycles. The number of esters is 1. The summed E-state index contributed by atoms with van der Waals surface area (Å²) in [6.07, 6.45) is -1.13. The summed E-state index contributed by atoms with van der Waals surface area (Å²) in [6, 6.07) is 15.1. The van der Waals surface area contributed by atoms with Gasteiger partial charge in [-0.3, -0.25) is 14.4 Å². The average molecular weight is 464 g/mol. The molecule has 8 heteroatoms. The van der Waals surface area contributed by atoms with Crippen LogP contribution in [0.5, 0.6) is 0 Å². The van der Waals surface area contributed by atoms with Crippen molar-refractivity contribution in [3.05, 3.63) is 71.3 Å². The van der Waals surface area contributed by atoms with E-state index in [4.69, 9.17) is 4.74 Å². The van der Waals surface area contributed by atoms with Crippen molar-refractivity contribution in [1.82, 2.24) is 15.1 Å². The molecule has 0 saturated carbocycles. The van der Waals surface area contributed by atoms with Crippen LogP contribution in [0, 0.1) is 0 Å². The van der Waals surface area contributed by atoms with Crippen molar-refractivity contribution < 1.29 is 23.9 Å². The van der Waals surface area contributed by atoms with E-state index in [-0.39, 0.29) is 30.4 Å². The van der Waals surface area contributed by atoms with Gasteiger partial charge in [0.05, 0.1) is 6.04 Å². The summed E-state index contributed by atoms with van der Waals surface area (Å²) in [5.74, 6) is -1.79. The van der Waals surface area contributed by atoms with E-state index in [1.165, 1.54) is 16.7 Å². The molecule has 4 rings (SSSR count). The summed E-state index contributed by atoms with van der Waals surface area (Å²) in [4.78, 5) is 53.4. The fourth-order valence-electron chi connectivity index (χ4n) is 4.36. The molecular formula is C26H29N3O5.